The highest BCUT2D eigenvalue weighted by Crippen LogP contribution is 2.39. The zero-order valence-corrected chi connectivity index (χ0v) is 14.3. The largest absolute Gasteiger partial charge is 0.0654 e. The van der Waals surface area contributed by atoms with Crippen LogP contribution in [0.3, 0.4) is 0 Å². The summed E-state index contributed by atoms with van der Waals surface area (Å²) in [7, 11) is 0. The third kappa shape index (κ3) is 3.60. The molecule has 1 fully saturated rings. The molecule has 0 N–H and O–H groups in total. The Morgan fingerprint density at radius 3 is 2.44 bits per heavy atom. The first kappa shape index (κ1) is 14.6. The lowest BCUT2D eigenvalue weighted by Gasteiger charge is -2.24. The van der Waals surface area contributed by atoms with E-state index in [1.807, 2.05) is 0 Å². The molecule has 0 nitrogen and oxygen atoms in total. The fourth-order valence-corrected chi connectivity index (χ4v) is 4.16. The third-order valence-electron chi connectivity index (χ3n) is 4.01. The summed E-state index contributed by atoms with van der Waals surface area (Å²) in [6.07, 6.45) is 10.6. The molecule has 18 heavy (non-hydrogen) atoms. The number of aryl methyl sites for hydroxylation is 1. The molecule has 1 aliphatic carbocycles. The molecule has 1 aromatic carbocycles. The van der Waals surface area contributed by atoms with Crippen LogP contribution in [0.5, 0.6) is 0 Å². The van der Waals surface area contributed by atoms with E-state index in [1.54, 1.807) is 0 Å². The van der Waals surface area contributed by atoms with Crippen LogP contribution in [0.15, 0.2) is 21.1 Å². The number of unbranched alkanes of at least 4 members (excludes halogenated alkanes) is 1. The van der Waals surface area contributed by atoms with Crippen LogP contribution in [0.4, 0.5) is 0 Å². The van der Waals surface area contributed by atoms with Crippen LogP contribution >= 0.6 is 31.9 Å². The number of halogens is 2. The van der Waals surface area contributed by atoms with Crippen molar-refractivity contribution in [2.45, 2.75) is 64.2 Å². The lowest BCUT2D eigenvalue weighted by Crippen LogP contribution is -2.06. The molecule has 0 bridgehead atoms. The number of benzene rings is 1. The summed E-state index contributed by atoms with van der Waals surface area (Å²) in [6.45, 7) is 2.25. The van der Waals surface area contributed by atoms with Crippen molar-refractivity contribution in [3.8, 4) is 0 Å². The van der Waals surface area contributed by atoms with Crippen molar-refractivity contribution in [1.29, 1.82) is 0 Å². The van der Waals surface area contributed by atoms with E-state index in [-0.39, 0.29) is 0 Å². The Bertz CT molecular complexity index is 392. The molecule has 2 heteroatoms. The zero-order valence-electron chi connectivity index (χ0n) is 11.1. The van der Waals surface area contributed by atoms with Crippen LogP contribution in [0.1, 0.15) is 68.9 Å². The van der Waals surface area contributed by atoms with Crippen molar-refractivity contribution in [3.63, 3.8) is 0 Å². The van der Waals surface area contributed by atoms with E-state index < -0.39 is 0 Å². The van der Waals surface area contributed by atoms with E-state index >= 15 is 0 Å². The first-order valence-corrected chi connectivity index (χ1v) is 8.78. The molecule has 0 aromatic heterocycles. The summed E-state index contributed by atoms with van der Waals surface area (Å²) in [5.41, 5.74) is 2.96. The molecule has 0 radical (unpaired) electrons. The standard InChI is InChI=1S/C16H22Br2/c1-2-3-7-13-10-16(18)14(11-15(13)17)12-8-5-4-6-9-12/h10-12H,2-9H2,1H3. The highest BCUT2D eigenvalue weighted by Gasteiger charge is 2.19. The molecule has 1 saturated carbocycles. The van der Waals surface area contributed by atoms with Crippen molar-refractivity contribution >= 4 is 31.9 Å². The summed E-state index contributed by atoms with van der Waals surface area (Å²) in [5.74, 6) is 0.768. The average Bonchev–Trinajstić information content (AvgIpc) is 2.40. The van der Waals surface area contributed by atoms with Crippen LogP contribution in [-0.4, -0.2) is 0 Å². The topological polar surface area (TPSA) is 0 Å². The molecular weight excluding hydrogens is 352 g/mol. The van der Waals surface area contributed by atoms with Gasteiger partial charge in [0.05, 0.1) is 0 Å². The van der Waals surface area contributed by atoms with Gasteiger partial charge in [-0.05, 0) is 54.9 Å². The van der Waals surface area contributed by atoms with E-state index in [0.29, 0.717) is 0 Å². The van der Waals surface area contributed by atoms with Gasteiger partial charge in [-0.25, -0.2) is 0 Å². The highest BCUT2D eigenvalue weighted by atomic mass is 79.9. The Kier molecular flexibility index (Phi) is 5.75. The van der Waals surface area contributed by atoms with Crippen molar-refractivity contribution in [3.05, 3.63) is 32.2 Å². The minimum Gasteiger partial charge on any atom is -0.0654 e. The molecule has 0 spiro atoms. The first-order valence-electron chi connectivity index (χ1n) is 7.20. The van der Waals surface area contributed by atoms with E-state index in [1.165, 1.54) is 71.4 Å². The Morgan fingerprint density at radius 2 is 1.78 bits per heavy atom. The minimum atomic E-state index is 0.768. The monoisotopic (exact) mass is 372 g/mol. The van der Waals surface area contributed by atoms with Gasteiger partial charge in [0.1, 0.15) is 0 Å². The molecule has 0 amide bonds. The molecule has 0 saturated heterocycles. The van der Waals surface area contributed by atoms with Crippen molar-refractivity contribution in [2.24, 2.45) is 0 Å². The third-order valence-corrected chi connectivity index (χ3v) is 5.44. The maximum atomic E-state index is 3.79. The van der Waals surface area contributed by atoms with Crippen LogP contribution in [0, 0.1) is 0 Å². The summed E-state index contributed by atoms with van der Waals surface area (Å²) < 4.78 is 2.63. The molecule has 1 aliphatic rings. The van der Waals surface area contributed by atoms with Crippen LogP contribution < -0.4 is 0 Å². The van der Waals surface area contributed by atoms with Gasteiger partial charge in [-0.2, -0.15) is 0 Å². The van der Waals surface area contributed by atoms with E-state index in [2.05, 4.69) is 50.9 Å². The Balaban J connectivity index is 2.18. The number of rotatable bonds is 4. The van der Waals surface area contributed by atoms with Crippen molar-refractivity contribution in [2.75, 3.05) is 0 Å². The summed E-state index contributed by atoms with van der Waals surface area (Å²) in [5, 5.41) is 0. The summed E-state index contributed by atoms with van der Waals surface area (Å²) in [4.78, 5) is 0. The lowest BCUT2D eigenvalue weighted by atomic mass is 9.84. The molecule has 0 atom stereocenters. The lowest BCUT2D eigenvalue weighted by molar-refractivity contribution is 0.442. The average molecular weight is 374 g/mol. The molecule has 0 unspecified atom stereocenters. The van der Waals surface area contributed by atoms with Gasteiger partial charge in [-0.1, -0.05) is 64.5 Å². The van der Waals surface area contributed by atoms with E-state index in [4.69, 9.17) is 0 Å². The minimum absolute atomic E-state index is 0.768. The zero-order chi connectivity index (χ0) is 13.0. The maximum absolute atomic E-state index is 3.79. The molecule has 2 rings (SSSR count). The van der Waals surface area contributed by atoms with Gasteiger partial charge in [-0.3, -0.25) is 0 Å². The molecule has 1 aromatic rings. The van der Waals surface area contributed by atoms with Gasteiger partial charge in [0.25, 0.3) is 0 Å². The van der Waals surface area contributed by atoms with Crippen LogP contribution in [0.25, 0.3) is 0 Å². The van der Waals surface area contributed by atoms with Gasteiger partial charge >= 0.3 is 0 Å². The Hall–Kier alpha value is 0.180. The second kappa shape index (κ2) is 7.09. The van der Waals surface area contributed by atoms with Crippen LogP contribution in [0.2, 0.25) is 0 Å². The molecule has 0 aliphatic heterocycles. The van der Waals surface area contributed by atoms with Gasteiger partial charge < -0.3 is 0 Å². The first-order chi connectivity index (χ1) is 8.72. The van der Waals surface area contributed by atoms with Crippen molar-refractivity contribution < 1.29 is 0 Å². The van der Waals surface area contributed by atoms with E-state index in [0.717, 1.165) is 5.92 Å². The fourth-order valence-electron chi connectivity index (χ4n) is 2.89. The second-order valence-corrected chi connectivity index (χ2v) is 7.11. The second-order valence-electron chi connectivity index (χ2n) is 5.40. The van der Waals surface area contributed by atoms with E-state index in [9.17, 15) is 0 Å². The van der Waals surface area contributed by atoms with Gasteiger partial charge in [0.2, 0.25) is 0 Å². The number of hydrogen-bond donors (Lipinski definition) is 0. The normalized spacial score (nSPS) is 17.1. The van der Waals surface area contributed by atoms with Gasteiger partial charge in [-0.15, -0.1) is 0 Å². The summed E-state index contributed by atoms with van der Waals surface area (Å²) in [6, 6.07) is 4.70. The molecule has 100 valence electrons. The smallest absolute Gasteiger partial charge is 0.0213 e. The molecular formula is C16H22Br2. The quantitative estimate of drug-likeness (QED) is 0.557. The highest BCUT2D eigenvalue weighted by molar-refractivity contribution is 9.11. The Morgan fingerprint density at radius 1 is 1.06 bits per heavy atom. The van der Waals surface area contributed by atoms with Crippen molar-refractivity contribution in [1.82, 2.24) is 0 Å². The Labute approximate surface area is 128 Å². The predicted octanol–water partition coefficient (Wildman–Crippen LogP) is 6.60. The number of hydrogen-bond acceptors (Lipinski definition) is 0. The fraction of sp³-hybridized carbons (Fsp3) is 0.625. The SMILES string of the molecule is CCCCc1cc(Br)c(C2CCCCC2)cc1Br. The van der Waals surface area contributed by atoms with Gasteiger partial charge in [0.15, 0.2) is 0 Å². The van der Waals surface area contributed by atoms with Gasteiger partial charge in [0, 0.05) is 8.95 Å². The van der Waals surface area contributed by atoms with Crippen LogP contribution in [-0.2, 0) is 6.42 Å². The maximum Gasteiger partial charge on any atom is 0.0213 e. The summed E-state index contributed by atoms with van der Waals surface area (Å²) >= 11 is 7.55. The molecule has 0 heterocycles. The predicted molar refractivity (Wildman–Crippen MR) is 86.3 cm³/mol.